The van der Waals surface area contributed by atoms with Crippen LogP contribution in [0, 0.1) is 12.8 Å². The molecule has 1 heterocycles. The van der Waals surface area contributed by atoms with E-state index in [9.17, 15) is 4.79 Å². The number of aromatic amines is 1. The summed E-state index contributed by atoms with van der Waals surface area (Å²) in [6.07, 6.45) is 2.80. The second-order valence-corrected chi connectivity index (χ2v) is 5.89. The summed E-state index contributed by atoms with van der Waals surface area (Å²) in [6, 6.07) is 8.27. The summed E-state index contributed by atoms with van der Waals surface area (Å²) in [6.45, 7) is 8.52. The van der Waals surface area contributed by atoms with E-state index >= 15 is 0 Å². The van der Waals surface area contributed by atoms with Gasteiger partial charge in [0.2, 0.25) is 0 Å². The first-order valence-electron chi connectivity index (χ1n) is 7.42. The van der Waals surface area contributed by atoms with Gasteiger partial charge in [-0.05, 0) is 37.8 Å². The van der Waals surface area contributed by atoms with Crippen LogP contribution in [-0.4, -0.2) is 9.78 Å². The molecule has 2 rings (SSSR count). The first kappa shape index (κ1) is 14.6. The molecule has 0 saturated heterocycles. The zero-order valence-corrected chi connectivity index (χ0v) is 12.9. The molecule has 0 fully saturated rings. The second-order valence-electron chi connectivity index (χ2n) is 5.89. The standard InChI is InChI=1S/C17H24N2O/c1-5-6-16-15(11-12(2)3)17(20)18-19(16)14-9-7-13(4)8-10-14/h7-10,12H,5-6,11H2,1-4H3,(H,18,20). The minimum absolute atomic E-state index is 0.0581. The fourth-order valence-electron chi connectivity index (χ4n) is 2.53. The third-order valence-electron chi connectivity index (χ3n) is 3.50. The van der Waals surface area contributed by atoms with Crippen molar-refractivity contribution in [3.8, 4) is 5.69 Å². The highest BCUT2D eigenvalue weighted by Gasteiger charge is 2.16. The number of nitrogens with one attached hydrogen (secondary N) is 1. The zero-order valence-electron chi connectivity index (χ0n) is 12.9. The SMILES string of the molecule is CCCc1c(CC(C)C)c(=O)[nH]n1-c1ccc(C)cc1. The van der Waals surface area contributed by atoms with E-state index in [1.807, 2.05) is 4.68 Å². The average molecular weight is 272 g/mol. The number of benzene rings is 1. The average Bonchev–Trinajstić information content (AvgIpc) is 2.68. The van der Waals surface area contributed by atoms with E-state index in [0.717, 1.165) is 36.2 Å². The Balaban J connectivity index is 2.52. The van der Waals surface area contributed by atoms with Crippen LogP contribution in [0.15, 0.2) is 29.1 Å². The Kier molecular flexibility index (Phi) is 4.48. The second kappa shape index (κ2) is 6.12. The Morgan fingerprint density at radius 1 is 1.20 bits per heavy atom. The molecule has 3 nitrogen and oxygen atoms in total. The lowest BCUT2D eigenvalue weighted by molar-refractivity contribution is 0.637. The molecule has 0 bridgehead atoms. The maximum Gasteiger partial charge on any atom is 0.267 e. The van der Waals surface area contributed by atoms with Crippen LogP contribution in [0.5, 0.6) is 0 Å². The monoisotopic (exact) mass is 272 g/mol. The predicted molar refractivity (Wildman–Crippen MR) is 83.7 cm³/mol. The van der Waals surface area contributed by atoms with Gasteiger partial charge in [-0.2, -0.15) is 0 Å². The molecule has 0 aliphatic heterocycles. The molecule has 0 aliphatic carbocycles. The maximum atomic E-state index is 12.2. The summed E-state index contributed by atoms with van der Waals surface area (Å²) < 4.78 is 1.96. The number of aromatic nitrogens is 2. The number of rotatable bonds is 5. The lowest BCUT2D eigenvalue weighted by atomic mass is 10.0. The van der Waals surface area contributed by atoms with E-state index in [-0.39, 0.29) is 5.56 Å². The Morgan fingerprint density at radius 2 is 1.85 bits per heavy atom. The van der Waals surface area contributed by atoms with Gasteiger partial charge in [0.25, 0.3) is 5.56 Å². The highest BCUT2D eigenvalue weighted by atomic mass is 16.1. The summed E-state index contributed by atoms with van der Waals surface area (Å²) >= 11 is 0. The molecule has 0 unspecified atom stereocenters. The van der Waals surface area contributed by atoms with Crippen molar-refractivity contribution in [1.82, 2.24) is 9.78 Å². The van der Waals surface area contributed by atoms with Gasteiger partial charge in [-0.3, -0.25) is 14.6 Å². The third-order valence-corrected chi connectivity index (χ3v) is 3.50. The molecule has 0 spiro atoms. The van der Waals surface area contributed by atoms with Crippen molar-refractivity contribution >= 4 is 0 Å². The Bertz CT molecular complexity index is 617. The Morgan fingerprint density at radius 3 is 2.40 bits per heavy atom. The first-order valence-corrected chi connectivity index (χ1v) is 7.42. The molecular formula is C17H24N2O. The van der Waals surface area contributed by atoms with Crippen molar-refractivity contribution in [2.75, 3.05) is 0 Å². The van der Waals surface area contributed by atoms with E-state index < -0.39 is 0 Å². The zero-order chi connectivity index (χ0) is 14.7. The van der Waals surface area contributed by atoms with Crippen LogP contribution in [0.2, 0.25) is 0 Å². The van der Waals surface area contributed by atoms with Gasteiger partial charge in [0.15, 0.2) is 0 Å². The minimum atomic E-state index is 0.0581. The van der Waals surface area contributed by atoms with E-state index in [0.29, 0.717) is 5.92 Å². The highest BCUT2D eigenvalue weighted by Crippen LogP contribution is 2.17. The van der Waals surface area contributed by atoms with E-state index in [4.69, 9.17) is 0 Å². The first-order chi connectivity index (χ1) is 9.52. The van der Waals surface area contributed by atoms with E-state index in [1.54, 1.807) is 0 Å². The highest BCUT2D eigenvalue weighted by molar-refractivity contribution is 5.37. The number of hydrogen-bond acceptors (Lipinski definition) is 1. The van der Waals surface area contributed by atoms with Gasteiger partial charge >= 0.3 is 0 Å². The summed E-state index contributed by atoms with van der Waals surface area (Å²) in [4.78, 5) is 12.2. The fraction of sp³-hybridized carbons (Fsp3) is 0.471. The van der Waals surface area contributed by atoms with Gasteiger partial charge in [0.05, 0.1) is 5.69 Å². The lowest BCUT2D eigenvalue weighted by Crippen LogP contribution is -2.10. The normalized spacial score (nSPS) is 11.2. The van der Waals surface area contributed by atoms with Crippen LogP contribution in [0.4, 0.5) is 0 Å². The lowest BCUT2D eigenvalue weighted by Gasteiger charge is -2.10. The molecule has 20 heavy (non-hydrogen) atoms. The van der Waals surface area contributed by atoms with Crippen molar-refractivity contribution in [3.63, 3.8) is 0 Å². The quantitative estimate of drug-likeness (QED) is 0.887. The van der Waals surface area contributed by atoms with Gasteiger partial charge in [-0.25, -0.2) is 0 Å². The van der Waals surface area contributed by atoms with Crippen LogP contribution in [-0.2, 0) is 12.8 Å². The van der Waals surface area contributed by atoms with Crippen molar-refractivity contribution < 1.29 is 0 Å². The Labute approximate surface area is 120 Å². The number of hydrogen-bond donors (Lipinski definition) is 1. The molecule has 0 amide bonds. The van der Waals surface area contributed by atoms with Crippen molar-refractivity contribution in [2.45, 2.75) is 47.0 Å². The van der Waals surface area contributed by atoms with Crippen molar-refractivity contribution in [1.29, 1.82) is 0 Å². The molecule has 0 saturated carbocycles. The molecule has 108 valence electrons. The molecule has 3 heteroatoms. The van der Waals surface area contributed by atoms with E-state index in [2.05, 4.69) is 57.1 Å². The molecule has 1 aromatic heterocycles. The third kappa shape index (κ3) is 3.03. The predicted octanol–water partition coefficient (Wildman–Crippen LogP) is 3.63. The van der Waals surface area contributed by atoms with Gasteiger partial charge in [-0.15, -0.1) is 0 Å². The molecule has 0 atom stereocenters. The van der Waals surface area contributed by atoms with Gasteiger partial charge in [-0.1, -0.05) is 44.9 Å². The summed E-state index contributed by atoms with van der Waals surface area (Å²) in [5.41, 5.74) is 4.40. The van der Waals surface area contributed by atoms with Gasteiger partial charge < -0.3 is 0 Å². The van der Waals surface area contributed by atoms with Crippen molar-refractivity contribution in [2.24, 2.45) is 5.92 Å². The molecule has 1 N–H and O–H groups in total. The molecule has 1 aromatic carbocycles. The van der Waals surface area contributed by atoms with Gasteiger partial charge in [0.1, 0.15) is 0 Å². The minimum Gasteiger partial charge on any atom is -0.268 e. The number of H-pyrrole nitrogens is 1. The van der Waals surface area contributed by atoms with Crippen LogP contribution < -0.4 is 5.56 Å². The largest absolute Gasteiger partial charge is 0.268 e. The van der Waals surface area contributed by atoms with Crippen LogP contribution in [0.3, 0.4) is 0 Å². The molecule has 2 aromatic rings. The number of aryl methyl sites for hydroxylation is 1. The summed E-state index contributed by atoms with van der Waals surface area (Å²) in [7, 11) is 0. The number of nitrogens with zero attached hydrogens (tertiary/aromatic N) is 1. The maximum absolute atomic E-state index is 12.2. The van der Waals surface area contributed by atoms with Crippen molar-refractivity contribution in [3.05, 3.63) is 51.4 Å². The molecular weight excluding hydrogens is 248 g/mol. The Hall–Kier alpha value is -1.77. The topological polar surface area (TPSA) is 37.8 Å². The van der Waals surface area contributed by atoms with Crippen LogP contribution in [0.1, 0.15) is 44.0 Å². The summed E-state index contributed by atoms with van der Waals surface area (Å²) in [5, 5.41) is 3.00. The molecule has 0 aliphatic rings. The fourth-order valence-corrected chi connectivity index (χ4v) is 2.53. The van der Waals surface area contributed by atoms with Crippen LogP contribution in [0.25, 0.3) is 5.69 Å². The molecule has 0 radical (unpaired) electrons. The summed E-state index contributed by atoms with van der Waals surface area (Å²) in [5.74, 6) is 0.487. The van der Waals surface area contributed by atoms with Crippen LogP contribution >= 0.6 is 0 Å². The van der Waals surface area contributed by atoms with E-state index in [1.165, 1.54) is 5.56 Å². The smallest absolute Gasteiger partial charge is 0.267 e. The van der Waals surface area contributed by atoms with Gasteiger partial charge in [0, 0.05) is 11.3 Å².